The Hall–Kier alpha value is -1.51. The molecule has 0 bridgehead atoms. The highest BCUT2D eigenvalue weighted by Gasteiger charge is 1.81. The molecule has 0 spiro atoms. The summed E-state index contributed by atoms with van der Waals surface area (Å²) < 4.78 is 0. The fourth-order valence-electron chi connectivity index (χ4n) is 0.535. The van der Waals surface area contributed by atoms with Crippen LogP contribution in [0.3, 0.4) is 0 Å². The monoisotopic (exact) mass is 134 g/mol. The van der Waals surface area contributed by atoms with Crippen LogP contribution >= 0.6 is 0 Å². The SMILES string of the molecule is O=C/C=C/c1cnccn1. The van der Waals surface area contributed by atoms with Crippen LogP contribution in [-0.4, -0.2) is 16.3 Å². The number of hydrogen-bond donors (Lipinski definition) is 0. The van der Waals surface area contributed by atoms with E-state index >= 15 is 0 Å². The summed E-state index contributed by atoms with van der Waals surface area (Å²) in [4.78, 5) is 17.6. The van der Waals surface area contributed by atoms with Crippen molar-refractivity contribution in [3.63, 3.8) is 0 Å². The summed E-state index contributed by atoms with van der Waals surface area (Å²) in [5, 5.41) is 0. The minimum atomic E-state index is 0.689. The third kappa shape index (κ3) is 1.78. The second kappa shape index (κ2) is 3.50. The Morgan fingerprint density at radius 2 is 2.30 bits per heavy atom. The van der Waals surface area contributed by atoms with Gasteiger partial charge in [0.15, 0.2) is 0 Å². The van der Waals surface area contributed by atoms with E-state index in [1.54, 1.807) is 24.7 Å². The summed E-state index contributed by atoms with van der Waals surface area (Å²) in [5.41, 5.74) is 0.689. The van der Waals surface area contributed by atoms with Gasteiger partial charge in [-0.15, -0.1) is 0 Å². The number of allylic oxidation sites excluding steroid dienone is 1. The maximum Gasteiger partial charge on any atom is 0.142 e. The topological polar surface area (TPSA) is 42.9 Å². The van der Waals surface area contributed by atoms with Gasteiger partial charge in [-0.2, -0.15) is 0 Å². The average molecular weight is 134 g/mol. The second-order valence-corrected chi connectivity index (χ2v) is 1.63. The molecule has 0 aromatic carbocycles. The van der Waals surface area contributed by atoms with Gasteiger partial charge < -0.3 is 0 Å². The standard InChI is InChI=1S/C7H6N2O/c10-5-1-2-7-6-8-3-4-9-7/h1-6H/b2-1+. The van der Waals surface area contributed by atoms with Crippen LogP contribution in [0.1, 0.15) is 5.69 Å². The van der Waals surface area contributed by atoms with Crippen molar-refractivity contribution in [1.82, 2.24) is 9.97 Å². The fraction of sp³-hybridized carbons (Fsp3) is 0. The Bertz CT molecular complexity index is 231. The van der Waals surface area contributed by atoms with Crippen LogP contribution in [-0.2, 0) is 4.79 Å². The number of rotatable bonds is 2. The molecule has 1 aromatic heterocycles. The summed E-state index contributed by atoms with van der Waals surface area (Å²) in [6.45, 7) is 0. The van der Waals surface area contributed by atoms with Crippen molar-refractivity contribution in [2.24, 2.45) is 0 Å². The number of carbonyl (C=O) groups excluding carboxylic acids is 1. The normalized spacial score (nSPS) is 10.0. The smallest absolute Gasteiger partial charge is 0.142 e. The van der Waals surface area contributed by atoms with Crippen LogP contribution in [0.25, 0.3) is 6.08 Å². The molecule has 0 unspecified atom stereocenters. The fourth-order valence-corrected chi connectivity index (χ4v) is 0.535. The van der Waals surface area contributed by atoms with Gasteiger partial charge in [-0.05, 0) is 12.2 Å². The van der Waals surface area contributed by atoms with E-state index in [0.29, 0.717) is 12.0 Å². The molecule has 0 aliphatic carbocycles. The van der Waals surface area contributed by atoms with Crippen LogP contribution in [0.15, 0.2) is 24.7 Å². The third-order valence-electron chi connectivity index (χ3n) is 0.929. The van der Waals surface area contributed by atoms with Crippen molar-refractivity contribution >= 4 is 12.4 Å². The predicted octanol–water partition coefficient (Wildman–Crippen LogP) is 0.689. The molecule has 1 heterocycles. The third-order valence-corrected chi connectivity index (χ3v) is 0.929. The van der Waals surface area contributed by atoms with Gasteiger partial charge in [0.05, 0.1) is 11.9 Å². The zero-order valence-electron chi connectivity index (χ0n) is 5.27. The van der Waals surface area contributed by atoms with Gasteiger partial charge in [0, 0.05) is 12.4 Å². The van der Waals surface area contributed by atoms with Crippen LogP contribution in [0, 0.1) is 0 Å². The highest BCUT2D eigenvalue weighted by molar-refractivity contribution is 5.72. The van der Waals surface area contributed by atoms with Gasteiger partial charge in [0.2, 0.25) is 0 Å². The minimum absolute atomic E-state index is 0.689. The molecule has 0 atom stereocenters. The Balaban J connectivity index is 2.76. The molecule has 0 aliphatic rings. The van der Waals surface area contributed by atoms with Crippen molar-refractivity contribution in [3.8, 4) is 0 Å². The highest BCUT2D eigenvalue weighted by Crippen LogP contribution is 1.90. The molecule has 0 fully saturated rings. The zero-order chi connectivity index (χ0) is 7.23. The van der Waals surface area contributed by atoms with Crippen LogP contribution in [0.5, 0.6) is 0 Å². The first kappa shape index (κ1) is 6.61. The molecule has 10 heavy (non-hydrogen) atoms. The summed E-state index contributed by atoms with van der Waals surface area (Å²) in [5.74, 6) is 0. The summed E-state index contributed by atoms with van der Waals surface area (Å²) in [6, 6.07) is 0. The van der Waals surface area contributed by atoms with E-state index in [0.717, 1.165) is 0 Å². The predicted molar refractivity (Wildman–Crippen MR) is 37.1 cm³/mol. The lowest BCUT2D eigenvalue weighted by atomic mass is 10.4. The van der Waals surface area contributed by atoms with E-state index in [4.69, 9.17) is 0 Å². The van der Waals surface area contributed by atoms with E-state index in [1.165, 1.54) is 6.08 Å². The molecule has 3 nitrogen and oxygen atoms in total. The number of aromatic nitrogens is 2. The first-order chi connectivity index (χ1) is 4.93. The van der Waals surface area contributed by atoms with E-state index in [1.807, 2.05) is 0 Å². The molecule has 0 amide bonds. The number of nitrogens with zero attached hydrogens (tertiary/aromatic N) is 2. The Morgan fingerprint density at radius 3 is 2.90 bits per heavy atom. The van der Waals surface area contributed by atoms with E-state index < -0.39 is 0 Å². The van der Waals surface area contributed by atoms with Crippen molar-refractivity contribution < 1.29 is 4.79 Å². The van der Waals surface area contributed by atoms with Crippen molar-refractivity contribution in [1.29, 1.82) is 0 Å². The summed E-state index contributed by atoms with van der Waals surface area (Å²) >= 11 is 0. The quantitative estimate of drug-likeness (QED) is 0.441. The lowest BCUT2D eigenvalue weighted by molar-refractivity contribution is -0.104. The van der Waals surface area contributed by atoms with Gasteiger partial charge >= 0.3 is 0 Å². The zero-order valence-corrected chi connectivity index (χ0v) is 5.27. The molecule has 3 heteroatoms. The maximum atomic E-state index is 9.84. The molecule has 0 aliphatic heterocycles. The molecule has 0 radical (unpaired) electrons. The molecular weight excluding hydrogens is 128 g/mol. The second-order valence-electron chi connectivity index (χ2n) is 1.63. The largest absolute Gasteiger partial charge is 0.299 e. The van der Waals surface area contributed by atoms with Gasteiger partial charge in [0.1, 0.15) is 6.29 Å². The van der Waals surface area contributed by atoms with Gasteiger partial charge in [-0.3, -0.25) is 14.8 Å². The Labute approximate surface area is 58.4 Å². The average Bonchev–Trinajstić information content (AvgIpc) is 2.03. The molecular formula is C7H6N2O. The van der Waals surface area contributed by atoms with E-state index in [9.17, 15) is 4.79 Å². The van der Waals surface area contributed by atoms with Crippen molar-refractivity contribution in [2.75, 3.05) is 0 Å². The molecule has 1 rings (SSSR count). The van der Waals surface area contributed by atoms with Gasteiger partial charge in [0.25, 0.3) is 0 Å². The Morgan fingerprint density at radius 1 is 1.40 bits per heavy atom. The number of aldehydes is 1. The number of hydrogen-bond acceptors (Lipinski definition) is 3. The molecule has 50 valence electrons. The molecule has 0 saturated carbocycles. The first-order valence-electron chi connectivity index (χ1n) is 2.81. The van der Waals surface area contributed by atoms with Crippen LogP contribution < -0.4 is 0 Å². The lowest BCUT2D eigenvalue weighted by Crippen LogP contribution is -1.79. The van der Waals surface area contributed by atoms with Crippen LogP contribution in [0.2, 0.25) is 0 Å². The van der Waals surface area contributed by atoms with Crippen molar-refractivity contribution in [3.05, 3.63) is 30.4 Å². The first-order valence-corrected chi connectivity index (χ1v) is 2.81. The number of carbonyl (C=O) groups is 1. The summed E-state index contributed by atoms with van der Waals surface area (Å²) in [6.07, 6.45) is 8.42. The Kier molecular flexibility index (Phi) is 2.31. The highest BCUT2D eigenvalue weighted by atomic mass is 16.1. The van der Waals surface area contributed by atoms with E-state index in [-0.39, 0.29) is 0 Å². The van der Waals surface area contributed by atoms with Crippen LogP contribution in [0.4, 0.5) is 0 Å². The van der Waals surface area contributed by atoms with Crippen molar-refractivity contribution in [2.45, 2.75) is 0 Å². The molecule has 1 aromatic rings. The molecule has 0 saturated heterocycles. The lowest BCUT2D eigenvalue weighted by Gasteiger charge is -1.85. The maximum absolute atomic E-state index is 9.84. The summed E-state index contributed by atoms with van der Waals surface area (Å²) in [7, 11) is 0. The van der Waals surface area contributed by atoms with Gasteiger partial charge in [-0.25, -0.2) is 0 Å². The minimum Gasteiger partial charge on any atom is -0.299 e. The van der Waals surface area contributed by atoms with E-state index in [2.05, 4.69) is 9.97 Å². The van der Waals surface area contributed by atoms with Gasteiger partial charge in [-0.1, -0.05) is 0 Å². The molecule has 0 N–H and O–H groups in total.